The number of hydrogen-bond acceptors (Lipinski definition) is 2. The lowest BCUT2D eigenvalue weighted by molar-refractivity contribution is -0.127. The molecule has 0 heterocycles. The van der Waals surface area contributed by atoms with Crippen molar-refractivity contribution in [2.45, 2.75) is 51.5 Å². The lowest BCUT2D eigenvalue weighted by Gasteiger charge is -2.22. The minimum Gasteiger partial charge on any atom is -0.353 e. The molecule has 1 aromatic carbocycles. The summed E-state index contributed by atoms with van der Waals surface area (Å²) in [6.07, 6.45) is 5.50. The second-order valence-electron chi connectivity index (χ2n) is 5.59. The molecule has 0 saturated heterocycles. The molecule has 2 amide bonds. The summed E-state index contributed by atoms with van der Waals surface area (Å²) in [6, 6.07) is 5.83. The Kier molecular flexibility index (Phi) is 5.79. The average Bonchev–Trinajstić information content (AvgIpc) is 2.43. The van der Waals surface area contributed by atoms with Gasteiger partial charge in [0, 0.05) is 16.2 Å². The van der Waals surface area contributed by atoms with Gasteiger partial charge in [0.05, 0.1) is 0 Å². The van der Waals surface area contributed by atoms with Gasteiger partial charge in [-0.2, -0.15) is 0 Å². The zero-order valence-electron chi connectivity index (χ0n) is 12.2. The van der Waals surface area contributed by atoms with Gasteiger partial charge in [0.25, 0.3) is 0 Å². The summed E-state index contributed by atoms with van der Waals surface area (Å²) in [6.45, 7) is 1.98. The standard InChI is InChI=1S/C16H21BrN2O2/c1-11-7-8-13(9-14(11)17)19-16(21)10-15(20)18-12-5-3-2-4-6-12/h7-9,12H,2-6,10H2,1H3,(H,18,20)(H,19,21). The van der Waals surface area contributed by atoms with Crippen molar-refractivity contribution in [2.24, 2.45) is 0 Å². The Morgan fingerprint density at radius 1 is 1.19 bits per heavy atom. The van der Waals surface area contributed by atoms with Gasteiger partial charge in [-0.05, 0) is 37.5 Å². The topological polar surface area (TPSA) is 58.2 Å². The summed E-state index contributed by atoms with van der Waals surface area (Å²) in [7, 11) is 0. The summed E-state index contributed by atoms with van der Waals surface area (Å²) in [5.41, 5.74) is 1.80. The lowest BCUT2D eigenvalue weighted by atomic mass is 9.95. The first-order valence-electron chi connectivity index (χ1n) is 7.40. The van der Waals surface area contributed by atoms with Gasteiger partial charge in [0.15, 0.2) is 0 Å². The third-order valence-corrected chi connectivity index (χ3v) is 4.60. The zero-order chi connectivity index (χ0) is 15.2. The van der Waals surface area contributed by atoms with Gasteiger partial charge in [-0.3, -0.25) is 9.59 Å². The number of hydrogen-bond donors (Lipinski definition) is 2. The highest BCUT2D eigenvalue weighted by molar-refractivity contribution is 9.10. The fraction of sp³-hybridized carbons (Fsp3) is 0.500. The van der Waals surface area contributed by atoms with Crippen molar-refractivity contribution in [3.8, 4) is 0 Å². The zero-order valence-corrected chi connectivity index (χ0v) is 13.8. The highest BCUT2D eigenvalue weighted by atomic mass is 79.9. The summed E-state index contributed by atoms with van der Waals surface area (Å²) < 4.78 is 0.937. The van der Waals surface area contributed by atoms with Crippen molar-refractivity contribution in [1.82, 2.24) is 5.32 Å². The van der Waals surface area contributed by atoms with Crippen LogP contribution in [0, 0.1) is 6.92 Å². The average molecular weight is 353 g/mol. The number of nitrogens with one attached hydrogen (secondary N) is 2. The summed E-state index contributed by atoms with van der Waals surface area (Å²) in [5.74, 6) is -0.468. The molecule has 1 fully saturated rings. The minimum atomic E-state index is -0.279. The van der Waals surface area contributed by atoms with Crippen LogP contribution in [-0.4, -0.2) is 17.9 Å². The van der Waals surface area contributed by atoms with Crippen molar-refractivity contribution >= 4 is 33.4 Å². The molecule has 0 spiro atoms. The number of amides is 2. The highest BCUT2D eigenvalue weighted by Crippen LogP contribution is 2.21. The normalized spacial score (nSPS) is 15.5. The molecule has 2 rings (SSSR count). The molecule has 5 heteroatoms. The summed E-state index contributed by atoms with van der Waals surface area (Å²) >= 11 is 3.42. The van der Waals surface area contributed by atoms with Crippen molar-refractivity contribution in [3.63, 3.8) is 0 Å². The van der Waals surface area contributed by atoms with Gasteiger partial charge in [0.1, 0.15) is 6.42 Å². The van der Waals surface area contributed by atoms with E-state index in [4.69, 9.17) is 0 Å². The van der Waals surface area contributed by atoms with E-state index >= 15 is 0 Å². The van der Waals surface area contributed by atoms with Crippen molar-refractivity contribution in [2.75, 3.05) is 5.32 Å². The van der Waals surface area contributed by atoms with E-state index in [0.717, 1.165) is 35.7 Å². The number of halogens is 1. The minimum absolute atomic E-state index is 0.123. The molecule has 0 unspecified atom stereocenters. The molecule has 2 N–H and O–H groups in total. The maximum atomic E-state index is 11.9. The number of carbonyl (C=O) groups excluding carboxylic acids is 2. The number of anilines is 1. The fourth-order valence-electron chi connectivity index (χ4n) is 2.55. The molecule has 0 radical (unpaired) electrons. The van der Waals surface area contributed by atoms with Gasteiger partial charge in [-0.15, -0.1) is 0 Å². The van der Waals surface area contributed by atoms with Crippen molar-refractivity contribution in [1.29, 1.82) is 0 Å². The van der Waals surface area contributed by atoms with Crippen molar-refractivity contribution in [3.05, 3.63) is 28.2 Å². The Bertz CT molecular complexity index is 525. The Morgan fingerprint density at radius 3 is 2.57 bits per heavy atom. The molecule has 0 aromatic heterocycles. The first kappa shape index (κ1) is 16.0. The van der Waals surface area contributed by atoms with Crippen LogP contribution in [0.2, 0.25) is 0 Å². The lowest BCUT2D eigenvalue weighted by Crippen LogP contribution is -2.37. The molecule has 0 bridgehead atoms. The van der Waals surface area contributed by atoms with Crippen LogP contribution < -0.4 is 10.6 Å². The smallest absolute Gasteiger partial charge is 0.233 e. The van der Waals surface area contributed by atoms with Crippen LogP contribution in [-0.2, 0) is 9.59 Å². The van der Waals surface area contributed by atoms with E-state index in [1.54, 1.807) is 0 Å². The van der Waals surface area contributed by atoms with Crippen LogP contribution in [0.5, 0.6) is 0 Å². The largest absolute Gasteiger partial charge is 0.353 e. The molecular formula is C16H21BrN2O2. The fourth-order valence-corrected chi connectivity index (χ4v) is 2.93. The predicted molar refractivity (Wildman–Crippen MR) is 87.1 cm³/mol. The molecule has 114 valence electrons. The van der Waals surface area contributed by atoms with E-state index < -0.39 is 0 Å². The monoisotopic (exact) mass is 352 g/mol. The molecule has 0 aliphatic heterocycles. The molecule has 0 atom stereocenters. The van der Waals surface area contributed by atoms with Crippen molar-refractivity contribution < 1.29 is 9.59 Å². The number of carbonyl (C=O) groups is 2. The molecule has 21 heavy (non-hydrogen) atoms. The number of rotatable bonds is 4. The second kappa shape index (κ2) is 7.59. The first-order chi connectivity index (χ1) is 10.0. The van der Waals surface area contributed by atoms with Gasteiger partial charge in [-0.1, -0.05) is 41.3 Å². The van der Waals surface area contributed by atoms with Gasteiger partial charge < -0.3 is 10.6 Å². The summed E-state index contributed by atoms with van der Waals surface area (Å²) in [4.78, 5) is 23.7. The molecule has 4 nitrogen and oxygen atoms in total. The van der Waals surface area contributed by atoms with E-state index in [1.165, 1.54) is 6.42 Å². The highest BCUT2D eigenvalue weighted by Gasteiger charge is 2.17. The third kappa shape index (κ3) is 5.16. The quantitative estimate of drug-likeness (QED) is 0.814. The number of aryl methyl sites for hydroxylation is 1. The van der Waals surface area contributed by atoms with Gasteiger partial charge in [-0.25, -0.2) is 0 Å². The van der Waals surface area contributed by atoms with Crippen LogP contribution in [0.4, 0.5) is 5.69 Å². The van der Waals surface area contributed by atoms with E-state index in [0.29, 0.717) is 5.69 Å². The molecule has 1 aliphatic carbocycles. The van der Waals surface area contributed by atoms with Crippen LogP contribution in [0.15, 0.2) is 22.7 Å². The molecule has 1 aliphatic rings. The predicted octanol–water partition coefficient (Wildman–Crippen LogP) is 3.54. The van der Waals surface area contributed by atoms with E-state index in [-0.39, 0.29) is 24.3 Å². The SMILES string of the molecule is Cc1ccc(NC(=O)CC(=O)NC2CCCCC2)cc1Br. The third-order valence-electron chi connectivity index (χ3n) is 3.75. The first-order valence-corrected chi connectivity index (χ1v) is 8.19. The Labute approximate surface area is 133 Å². The number of benzene rings is 1. The van der Waals surface area contributed by atoms with Crippen LogP contribution >= 0.6 is 15.9 Å². The Balaban J connectivity index is 1.80. The Morgan fingerprint density at radius 2 is 1.90 bits per heavy atom. The second-order valence-corrected chi connectivity index (χ2v) is 6.45. The molecule has 1 aromatic rings. The van der Waals surface area contributed by atoms with E-state index in [2.05, 4.69) is 26.6 Å². The maximum Gasteiger partial charge on any atom is 0.233 e. The van der Waals surface area contributed by atoms with Crippen LogP contribution in [0.1, 0.15) is 44.1 Å². The van der Waals surface area contributed by atoms with Gasteiger partial charge in [0.2, 0.25) is 11.8 Å². The molecular weight excluding hydrogens is 332 g/mol. The molecule has 1 saturated carbocycles. The van der Waals surface area contributed by atoms with Crippen LogP contribution in [0.3, 0.4) is 0 Å². The van der Waals surface area contributed by atoms with Gasteiger partial charge >= 0.3 is 0 Å². The Hall–Kier alpha value is -1.36. The summed E-state index contributed by atoms with van der Waals surface area (Å²) in [5, 5.41) is 5.70. The van der Waals surface area contributed by atoms with Crippen LogP contribution in [0.25, 0.3) is 0 Å². The van der Waals surface area contributed by atoms with E-state index in [9.17, 15) is 9.59 Å². The maximum absolute atomic E-state index is 11.9. The van der Waals surface area contributed by atoms with E-state index in [1.807, 2.05) is 25.1 Å².